The number of carbonyl (C=O) groups is 2. The molecule has 0 aliphatic carbocycles. The summed E-state index contributed by atoms with van der Waals surface area (Å²) in [4.78, 5) is 23.2. The standard InChI is InChI=1S/C14H18NO3/c1-14(2,3)18-13(17)12(16)11(15)9-10-7-5-4-6-8-10/h4-8,11,15H,9H2,1-3H3/t11-/m0/s1. The number of hydrogen-bond acceptors (Lipinski definition) is 3. The van der Waals surface area contributed by atoms with Crippen molar-refractivity contribution in [3.63, 3.8) is 0 Å². The van der Waals surface area contributed by atoms with Crippen LogP contribution in [-0.4, -0.2) is 23.4 Å². The molecule has 1 aromatic carbocycles. The quantitative estimate of drug-likeness (QED) is 0.602. The first kappa shape index (κ1) is 14.4. The van der Waals surface area contributed by atoms with E-state index in [9.17, 15) is 9.59 Å². The zero-order chi connectivity index (χ0) is 13.8. The fourth-order valence-electron chi connectivity index (χ4n) is 1.41. The normalized spacial score (nSPS) is 12.9. The molecule has 0 heterocycles. The molecule has 4 heteroatoms. The summed E-state index contributed by atoms with van der Waals surface area (Å²) < 4.78 is 4.95. The van der Waals surface area contributed by atoms with Gasteiger partial charge in [0.15, 0.2) is 0 Å². The number of rotatable bonds is 4. The largest absolute Gasteiger partial charge is 0.454 e. The smallest absolute Gasteiger partial charge is 0.376 e. The maximum atomic E-state index is 11.7. The second kappa shape index (κ2) is 5.78. The summed E-state index contributed by atoms with van der Waals surface area (Å²) in [6, 6.07) is 8.06. The van der Waals surface area contributed by atoms with Crippen LogP contribution in [0.2, 0.25) is 0 Å². The average molecular weight is 248 g/mol. The van der Waals surface area contributed by atoms with Crippen LogP contribution in [0.4, 0.5) is 0 Å². The van der Waals surface area contributed by atoms with Gasteiger partial charge in [-0.2, -0.15) is 0 Å². The predicted octanol–water partition coefficient (Wildman–Crippen LogP) is 1.79. The van der Waals surface area contributed by atoms with E-state index in [2.05, 4.69) is 0 Å². The van der Waals surface area contributed by atoms with Crippen LogP contribution >= 0.6 is 0 Å². The maximum absolute atomic E-state index is 11.7. The Morgan fingerprint density at radius 3 is 2.28 bits per heavy atom. The van der Waals surface area contributed by atoms with Crippen LogP contribution in [0.3, 0.4) is 0 Å². The Labute approximate surface area is 107 Å². The van der Waals surface area contributed by atoms with Crippen LogP contribution in [-0.2, 0) is 20.7 Å². The first-order chi connectivity index (χ1) is 8.29. The molecular weight excluding hydrogens is 230 g/mol. The van der Waals surface area contributed by atoms with Gasteiger partial charge in [-0.1, -0.05) is 30.3 Å². The van der Waals surface area contributed by atoms with Gasteiger partial charge in [0.2, 0.25) is 0 Å². The molecule has 1 N–H and O–H groups in total. The fourth-order valence-corrected chi connectivity index (χ4v) is 1.41. The van der Waals surface area contributed by atoms with E-state index in [1.807, 2.05) is 30.3 Å². The summed E-state index contributed by atoms with van der Waals surface area (Å²) in [5.41, 5.74) is 7.85. The number of benzene rings is 1. The molecule has 1 atom stereocenters. The van der Waals surface area contributed by atoms with Crippen molar-refractivity contribution in [1.29, 1.82) is 0 Å². The van der Waals surface area contributed by atoms with Gasteiger partial charge in [0.1, 0.15) is 5.60 Å². The lowest BCUT2D eigenvalue weighted by molar-refractivity contribution is -0.163. The molecule has 0 aromatic heterocycles. The SMILES string of the molecule is CC(C)(C)OC(=O)C(=O)[C@@H]([NH])Cc1ccccc1. The molecule has 0 unspecified atom stereocenters. The molecule has 1 rings (SSSR count). The highest BCUT2D eigenvalue weighted by molar-refractivity contribution is 6.35. The van der Waals surface area contributed by atoms with Crippen molar-refractivity contribution in [1.82, 2.24) is 5.73 Å². The Bertz CT molecular complexity index is 420. The molecule has 0 saturated carbocycles. The molecule has 4 nitrogen and oxygen atoms in total. The molecule has 97 valence electrons. The van der Waals surface area contributed by atoms with Gasteiger partial charge in [0, 0.05) is 0 Å². The topological polar surface area (TPSA) is 67.2 Å². The minimum atomic E-state index is -1.11. The van der Waals surface area contributed by atoms with Crippen molar-refractivity contribution in [2.24, 2.45) is 0 Å². The van der Waals surface area contributed by atoms with Crippen molar-refractivity contribution < 1.29 is 14.3 Å². The Kier molecular flexibility index (Phi) is 4.62. The van der Waals surface area contributed by atoms with Gasteiger partial charge in [-0.25, -0.2) is 10.5 Å². The molecule has 0 fully saturated rings. The van der Waals surface area contributed by atoms with Gasteiger partial charge in [0.05, 0.1) is 6.04 Å². The molecule has 0 saturated heterocycles. The highest BCUT2D eigenvalue weighted by atomic mass is 16.6. The summed E-state index contributed by atoms with van der Waals surface area (Å²) in [5, 5.41) is 0. The van der Waals surface area contributed by atoms with Gasteiger partial charge in [-0.15, -0.1) is 0 Å². The van der Waals surface area contributed by atoms with E-state index in [1.54, 1.807) is 20.8 Å². The maximum Gasteiger partial charge on any atom is 0.376 e. The Hall–Kier alpha value is -1.68. The molecule has 0 amide bonds. The number of nitrogens with one attached hydrogen (secondary N) is 1. The lowest BCUT2D eigenvalue weighted by Crippen LogP contribution is -2.37. The molecule has 0 bridgehead atoms. The van der Waals surface area contributed by atoms with Crippen LogP contribution in [0.25, 0.3) is 0 Å². The van der Waals surface area contributed by atoms with Gasteiger partial charge < -0.3 is 4.74 Å². The van der Waals surface area contributed by atoms with E-state index in [0.717, 1.165) is 5.56 Å². The minimum absolute atomic E-state index is 0.221. The van der Waals surface area contributed by atoms with Crippen LogP contribution in [0.15, 0.2) is 30.3 Å². The summed E-state index contributed by atoms with van der Waals surface area (Å²) in [7, 11) is 0. The lowest BCUT2D eigenvalue weighted by Gasteiger charge is -2.19. The van der Waals surface area contributed by atoms with Gasteiger partial charge in [-0.3, -0.25) is 4.79 Å². The molecule has 0 aliphatic rings. The number of ketones is 1. The highest BCUT2D eigenvalue weighted by Gasteiger charge is 2.27. The van der Waals surface area contributed by atoms with E-state index in [-0.39, 0.29) is 6.42 Å². The van der Waals surface area contributed by atoms with Crippen LogP contribution in [0, 0.1) is 0 Å². The molecule has 0 aliphatic heterocycles. The van der Waals surface area contributed by atoms with Gasteiger partial charge >= 0.3 is 5.97 Å². The third-order valence-corrected chi connectivity index (χ3v) is 2.20. The first-order valence-electron chi connectivity index (χ1n) is 5.82. The molecule has 0 spiro atoms. The minimum Gasteiger partial charge on any atom is -0.454 e. The Balaban J connectivity index is 2.59. The van der Waals surface area contributed by atoms with Crippen molar-refractivity contribution in [3.05, 3.63) is 35.9 Å². The molecular formula is C14H18NO3. The highest BCUT2D eigenvalue weighted by Crippen LogP contribution is 2.09. The zero-order valence-corrected chi connectivity index (χ0v) is 10.9. The number of carbonyl (C=O) groups excluding carboxylic acids is 2. The van der Waals surface area contributed by atoms with E-state index in [4.69, 9.17) is 10.5 Å². The van der Waals surface area contributed by atoms with Crippen LogP contribution < -0.4 is 5.73 Å². The fraction of sp³-hybridized carbons (Fsp3) is 0.429. The van der Waals surface area contributed by atoms with E-state index >= 15 is 0 Å². The summed E-state index contributed by atoms with van der Waals surface area (Å²) in [5.74, 6) is -1.73. The van der Waals surface area contributed by atoms with Crippen LogP contribution in [0.5, 0.6) is 0 Å². The number of esters is 1. The van der Waals surface area contributed by atoms with Crippen molar-refractivity contribution >= 4 is 11.8 Å². The summed E-state index contributed by atoms with van der Waals surface area (Å²) >= 11 is 0. The third kappa shape index (κ3) is 4.67. The number of ether oxygens (including phenoxy) is 1. The summed E-state index contributed by atoms with van der Waals surface area (Å²) in [6.45, 7) is 5.07. The molecule has 1 aromatic rings. The third-order valence-electron chi connectivity index (χ3n) is 2.20. The van der Waals surface area contributed by atoms with Crippen LogP contribution in [0.1, 0.15) is 26.3 Å². The molecule has 18 heavy (non-hydrogen) atoms. The van der Waals surface area contributed by atoms with Gasteiger partial charge in [0.25, 0.3) is 5.78 Å². The zero-order valence-electron chi connectivity index (χ0n) is 10.9. The number of hydrogen-bond donors (Lipinski definition) is 0. The van der Waals surface area contributed by atoms with E-state index in [1.165, 1.54) is 0 Å². The van der Waals surface area contributed by atoms with Gasteiger partial charge in [-0.05, 0) is 32.8 Å². The van der Waals surface area contributed by atoms with Crippen molar-refractivity contribution in [2.75, 3.05) is 0 Å². The van der Waals surface area contributed by atoms with E-state index < -0.39 is 23.4 Å². The van der Waals surface area contributed by atoms with E-state index in [0.29, 0.717) is 0 Å². The monoisotopic (exact) mass is 248 g/mol. The molecule has 1 radical (unpaired) electrons. The predicted molar refractivity (Wildman–Crippen MR) is 67.9 cm³/mol. The second-order valence-corrected chi connectivity index (χ2v) is 5.11. The second-order valence-electron chi connectivity index (χ2n) is 5.11. The average Bonchev–Trinajstić information content (AvgIpc) is 2.27. The van der Waals surface area contributed by atoms with Crippen molar-refractivity contribution in [3.8, 4) is 0 Å². The first-order valence-corrected chi connectivity index (χ1v) is 5.82. The lowest BCUT2D eigenvalue weighted by atomic mass is 10.0. The summed E-state index contributed by atoms with van der Waals surface area (Å²) in [6.07, 6.45) is 0.221. The van der Waals surface area contributed by atoms with Crippen molar-refractivity contribution in [2.45, 2.75) is 38.8 Å². The Morgan fingerprint density at radius 2 is 1.78 bits per heavy atom. The number of Topliss-reactive ketones (excluding diaryl/α,β-unsaturated/α-hetero) is 1. The Morgan fingerprint density at radius 1 is 1.22 bits per heavy atom.